The molecule has 1 rings (SSSR count). The Hall–Kier alpha value is -1.07. The number of rotatable bonds is 6. The van der Waals surface area contributed by atoms with Gasteiger partial charge in [-0.2, -0.15) is 4.72 Å². The summed E-state index contributed by atoms with van der Waals surface area (Å²) in [4.78, 5) is 0. The van der Waals surface area contributed by atoms with Gasteiger partial charge in [0, 0.05) is 0 Å². The van der Waals surface area contributed by atoms with Crippen LogP contribution in [0.5, 0.6) is 5.75 Å². The first-order valence-corrected chi connectivity index (χ1v) is 7.14. The Morgan fingerprint density at radius 1 is 1.35 bits per heavy atom. The molecule has 1 aromatic carbocycles. The summed E-state index contributed by atoms with van der Waals surface area (Å²) >= 11 is 0. The van der Waals surface area contributed by atoms with E-state index in [1.54, 1.807) is 38.1 Å². The van der Waals surface area contributed by atoms with E-state index in [0.717, 1.165) is 0 Å². The van der Waals surface area contributed by atoms with Gasteiger partial charge in [-0.25, -0.2) is 8.42 Å². The van der Waals surface area contributed by atoms with E-state index < -0.39 is 21.5 Å². The third kappa shape index (κ3) is 4.36. The van der Waals surface area contributed by atoms with Gasteiger partial charge >= 0.3 is 0 Å². The van der Waals surface area contributed by atoms with Gasteiger partial charge < -0.3 is 4.74 Å². The highest BCUT2D eigenvalue weighted by molar-refractivity contribution is 7.90. The van der Waals surface area contributed by atoms with Gasteiger partial charge in [0.05, 0.1) is 5.25 Å². The predicted octanol–water partition coefficient (Wildman–Crippen LogP) is 1.93. The lowest BCUT2D eigenvalue weighted by molar-refractivity contribution is 0.185. The molecule has 5 heteroatoms. The van der Waals surface area contributed by atoms with E-state index in [9.17, 15) is 8.42 Å². The van der Waals surface area contributed by atoms with Crippen LogP contribution >= 0.6 is 0 Å². The minimum Gasteiger partial charge on any atom is -0.474 e. The molecule has 0 saturated heterocycles. The van der Waals surface area contributed by atoms with Gasteiger partial charge in [0.15, 0.2) is 6.23 Å². The number of sulfonamides is 1. The maximum absolute atomic E-state index is 11.7. The normalized spacial score (nSPS) is 13.6. The summed E-state index contributed by atoms with van der Waals surface area (Å²) in [6.45, 7) is 5.13. The van der Waals surface area contributed by atoms with E-state index in [4.69, 9.17) is 4.74 Å². The topological polar surface area (TPSA) is 55.4 Å². The highest BCUT2D eigenvalue weighted by Gasteiger charge is 2.21. The minimum absolute atomic E-state index is 0.468. The average molecular weight is 256 g/mol. The zero-order valence-electron chi connectivity index (χ0n) is 10.3. The molecule has 0 bridgehead atoms. The third-order valence-corrected chi connectivity index (χ3v) is 4.09. The molecule has 0 aliphatic heterocycles. The fourth-order valence-corrected chi connectivity index (χ4v) is 1.98. The van der Waals surface area contributed by atoms with Gasteiger partial charge in [-0.05, 0) is 38.5 Å². The van der Waals surface area contributed by atoms with Crippen LogP contribution < -0.4 is 9.46 Å². The van der Waals surface area contributed by atoms with E-state index in [2.05, 4.69) is 10.8 Å². The zero-order chi connectivity index (χ0) is 12.9. The molecule has 0 amide bonds. The highest BCUT2D eigenvalue weighted by atomic mass is 32.2. The number of benzene rings is 1. The standard InChI is InChI=1S/C12H18NO3S/c1-4-12(13-17(14,15)10(2)3)16-11-8-6-5-7-9-11/h6-10,12-13H,4H2,1-3H3. The molecule has 0 spiro atoms. The van der Waals surface area contributed by atoms with E-state index in [-0.39, 0.29) is 0 Å². The third-order valence-electron chi connectivity index (χ3n) is 2.25. The Morgan fingerprint density at radius 2 is 1.94 bits per heavy atom. The van der Waals surface area contributed by atoms with Crippen LogP contribution in [0.15, 0.2) is 24.3 Å². The van der Waals surface area contributed by atoms with E-state index in [1.807, 2.05) is 6.92 Å². The molecule has 0 heterocycles. The number of nitrogens with one attached hydrogen (secondary N) is 1. The largest absolute Gasteiger partial charge is 0.474 e. The minimum atomic E-state index is -3.31. The molecule has 1 N–H and O–H groups in total. The first-order valence-electron chi connectivity index (χ1n) is 5.59. The summed E-state index contributed by atoms with van der Waals surface area (Å²) < 4.78 is 31.5. The molecule has 17 heavy (non-hydrogen) atoms. The Morgan fingerprint density at radius 3 is 2.41 bits per heavy atom. The lowest BCUT2D eigenvalue weighted by Gasteiger charge is -2.20. The molecule has 0 saturated carbocycles. The molecule has 1 unspecified atom stereocenters. The van der Waals surface area contributed by atoms with Gasteiger partial charge in [0.1, 0.15) is 5.75 Å². The first kappa shape index (κ1) is 14.0. The van der Waals surface area contributed by atoms with E-state index >= 15 is 0 Å². The summed E-state index contributed by atoms with van der Waals surface area (Å²) in [5.74, 6) is 0.627. The molecular formula is C12H18NO3S. The summed E-state index contributed by atoms with van der Waals surface area (Å²) in [5.41, 5.74) is 0. The van der Waals surface area contributed by atoms with Crippen LogP contribution in [0.4, 0.5) is 0 Å². The molecule has 95 valence electrons. The summed E-state index contributed by atoms with van der Waals surface area (Å²) in [6, 6.07) is 9.80. The number of hydrogen-bond donors (Lipinski definition) is 1. The highest BCUT2D eigenvalue weighted by Crippen LogP contribution is 2.12. The second kappa shape index (κ2) is 6.02. The average Bonchev–Trinajstić information content (AvgIpc) is 2.29. The maximum atomic E-state index is 11.7. The Balaban J connectivity index is 2.68. The summed E-state index contributed by atoms with van der Waals surface area (Å²) in [7, 11) is -3.31. The van der Waals surface area contributed by atoms with Crippen LogP contribution in [0.1, 0.15) is 27.2 Å². The van der Waals surface area contributed by atoms with Crippen molar-refractivity contribution in [2.45, 2.75) is 38.7 Å². The van der Waals surface area contributed by atoms with E-state index in [0.29, 0.717) is 12.2 Å². The Bertz CT molecular complexity index is 428. The zero-order valence-corrected chi connectivity index (χ0v) is 11.1. The molecular weight excluding hydrogens is 238 g/mol. The predicted molar refractivity (Wildman–Crippen MR) is 67.2 cm³/mol. The fraction of sp³-hybridized carbons (Fsp3) is 0.500. The van der Waals surface area contributed by atoms with Gasteiger partial charge in [-0.1, -0.05) is 19.1 Å². The SMILES string of the molecule is CCC(NS(=O)(=O)C(C)C)Oc1cc[c]cc1. The van der Waals surface area contributed by atoms with Crippen molar-refractivity contribution in [1.82, 2.24) is 4.72 Å². The molecule has 4 nitrogen and oxygen atoms in total. The molecule has 0 aliphatic rings. The van der Waals surface area contributed by atoms with Crippen LogP contribution in [0.2, 0.25) is 0 Å². The van der Waals surface area contributed by atoms with Gasteiger partial charge in [-0.3, -0.25) is 0 Å². The van der Waals surface area contributed by atoms with Crippen molar-refractivity contribution in [2.75, 3.05) is 0 Å². The lowest BCUT2D eigenvalue weighted by atomic mass is 10.3. The van der Waals surface area contributed by atoms with Crippen molar-refractivity contribution in [2.24, 2.45) is 0 Å². The van der Waals surface area contributed by atoms with Gasteiger partial charge in [0.25, 0.3) is 0 Å². The quantitative estimate of drug-likeness (QED) is 0.791. The number of hydrogen-bond acceptors (Lipinski definition) is 3. The molecule has 1 aromatic rings. The lowest BCUT2D eigenvalue weighted by Crippen LogP contribution is -2.42. The van der Waals surface area contributed by atoms with E-state index in [1.165, 1.54) is 0 Å². The fourth-order valence-electron chi connectivity index (χ4n) is 1.12. The van der Waals surface area contributed by atoms with Crippen molar-refractivity contribution >= 4 is 10.0 Å². The van der Waals surface area contributed by atoms with Crippen LogP contribution in [-0.2, 0) is 10.0 Å². The molecule has 0 fully saturated rings. The smallest absolute Gasteiger partial charge is 0.216 e. The monoisotopic (exact) mass is 256 g/mol. The van der Waals surface area contributed by atoms with Crippen LogP contribution in [0, 0.1) is 6.07 Å². The van der Waals surface area contributed by atoms with Gasteiger partial charge in [0.2, 0.25) is 10.0 Å². The summed E-state index contributed by atoms with van der Waals surface area (Å²) in [6.07, 6.45) is 0.0229. The van der Waals surface area contributed by atoms with Crippen molar-refractivity contribution in [3.63, 3.8) is 0 Å². The van der Waals surface area contributed by atoms with Crippen molar-refractivity contribution in [1.29, 1.82) is 0 Å². The first-order chi connectivity index (χ1) is 7.95. The second-order valence-electron chi connectivity index (χ2n) is 3.96. The molecule has 1 atom stereocenters. The van der Waals surface area contributed by atoms with Crippen molar-refractivity contribution in [3.8, 4) is 5.75 Å². The maximum Gasteiger partial charge on any atom is 0.216 e. The number of ether oxygens (including phenoxy) is 1. The van der Waals surface area contributed by atoms with Crippen molar-refractivity contribution in [3.05, 3.63) is 30.3 Å². The molecule has 1 radical (unpaired) electrons. The molecule has 0 aromatic heterocycles. The second-order valence-corrected chi connectivity index (χ2v) is 6.23. The van der Waals surface area contributed by atoms with Crippen LogP contribution in [-0.4, -0.2) is 19.9 Å². The van der Waals surface area contributed by atoms with Crippen LogP contribution in [0.3, 0.4) is 0 Å². The summed E-state index contributed by atoms with van der Waals surface area (Å²) in [5, 5.41) is -0.468. The van der Waals surface area contributed by atoms with Crippen molar-refractivity contribution < 1.29 is 13.2 Å². The van der Waals surface area contributed by atoms with Gasteiger partial charge in [-0.15, -0.1) is 0 Å². The molecule has 0 aliphatic carbocycles. The Labute approximate surface area is 103 Å². The van der Waals surface area contributed by atoms with Crippen LogP contribution in [0.25, 0.3) is 0 Å². The Kier molecular flexibility index (Phi) is 4.96.